The van der Waals surface area contributed by atoms with Crippen molar-refractivity contribution in [1.82, 2.24) is 4.90 Å². The first-order valence-corrected chi connectivity index (χ1v) is 11.0. The molecule has 0 aromatic heterocycles. The predicted octanol–water partition coefficient (Wildman–Crippen LogP) is 1.56. The van der Waals surface area contributed by atoms with E-state index in [1.165, 1.54) is 30.6 Å². The molecule has 0 saturated carbocycles. The summed E-state index contributed by atoms with van der Waals surface area (Å²) < 4.78 is 21.9. The third-order valence-corrected chi connectivity index (χ3v) is 4.63. The second-order valence-electron chi connectivity index (χ2n) is 5.48. The third kappa shape index (κ3) is 27.5. The number of nitrogens with zero attached hydrogens (tertiary/aromatic N) is 1. The minimum atomic E-state index is -4.30. The smallest absolute Gasteiger partial charge is 0.324 e. The number of hydrogen-bond donors (Lipinski definition) is 4. The molecule has 0 unspecified atom stereocenters. The normalized spacial score (nSPS) is 11.4. The fourth-order valence-corrected chi connectivity index (χ4v) is 3.86. The van der Waals surface area contributed by atoms with Crippen LogP contribution in [-0.2, 0) is 9.13 Å². The first-order valence-electron chi connectivity index (χ1n) is 7.45. The Labute approximate surface area is 212 Å². The van der Waals surface area contributed by atoms with E-state index in [1.807, 2.05) is 0 Å². The van der Waals surface area contributed by atoms with E-state index in [9.17, 15) is 9.13 Å². The monoisotopic (exact) mass is 414 g/mol. The van der Waals surface area contributed by atoms with Crippen molar-refractivity contribution in [2.24, 2.45) is 0 Å². The molecule has 0 atom stereocenters. The second-order valence-corrected chi connectivity index (χ2v) is 8.71. The molecule has 0 saturated heterocycles. The molecule has 0 heterocycles. The van der Waals surface area contributed by atoms with Crippen LogP contribution in [0.4, 0.5) is 0 Å². The Kier molecular flexibility index (Phi) is 28.3. The van der Waals surface area contributed by atoms with E-state index >= 15 is 0 Å². The molecule has 0 fully saturated rings. The molecule has 3 radical (unpaired) electrons. The van der Waals surface area contributed by atoms with E-state index in [0.29, 0.717) is 13.0 Å². The fraction of sp³-hybridized carbons (Fsp3) is 1.00. The van der Waals surface area contributed by atoms with Crippen molar-refractivity contribution in [1.29, 1.82) is 0 Å². The third-order valence-electron chi connectivity index (χ3n) is 3.10. The maximum atomic E-state index is 11.0. The average Bonchev–Trinajstić information content (AvgIpc) is 2.28. The summed E-state index contributed by atoms with van der Waals surface area (Å²) in [5, 5.41) is 0. The van der Waals surface area contributed by atoms with Gasteiger partial charge in [0, 0.05) is 88.7 Å². The summed E-state index contributed by atoms with van der Waals surface area (Å²) in [5.41, 5.74) is 0. The largest absolute Gasteiger partial charge is 0.339 e. The Morgan fingerprint density at radius 1 is 0.667 bits per heavy atom. The van der Waals surface area contributed by atoms with Crippen LogP contribution in [0.25, 0.3) is 0 Å². The summed E-state index contributed by atoms with van der Waals surface area (Å²) in [4.78, 5) is 36.9. The zero-order valence-electron chi connectivity index (χ0n) is 15.7. The van der Waals surface area contributed by atoms with Crippen LogP contribution < -0.4 is 0 Å². The van der Waals surface area contributed by atoms with Gasteiger partial charge in [0.15, 0.2) is 0 Å². The van der Waals surface area contributed by atoms with Crippen molar-refractivity contribution in [3.8, 4) is 0 Å². The van der Waals surface area contributed by atoms with E-state index in [1.54, 1.807) is 0 Å². The molecule has 24 heavy (non-hydrogen) atoms. The summed E-state index contributed by atoms with van der Waals surface area (Å²) in [6.45, 7) is 2.46. The van der Waals surface area contributed by atoms with E-state index in [4.69, 9.17) is 19.6 Å². The molecule has 0 rings (SSSR count). The molecule has 0 aliphatic carbocycles. The van der Waals surface area contributed by atoms with Crippen molar-refractivity contribution in [3.63, 3.8) is 0 Å². The Bertz CT molecular complexity index is 343. The Balaban J connectivity index is -0.000000667. The summed E-state index contributed by atoms with van der Waals surface area (Å²) in [6, 6.07) is 0. The van der Waals surface area contributed by atoms with Crippen LogP contribution in [0.1, 0.15) is 58.3 Å². The van der Waals surface area contributed by atoms with Gasteiger partial charge < -0.3 is 19.6 Å². The fourth-order valence-electron chi connectivity index (χ4n) is 2.18. The molecule has 0 aromatic rings. The molecule has 7 nitrogen and oxygen atoms in total. The van der Waals surface area contributed by atoms with Crippen molar-refractivity contribution >= 4 is 104 Å². The van der Waals surface area contributed by atoms with Crippen LogP contribution in [0, 0.1) is 0 Å². The first kappa shape index (κ1) is 34.7. The first-order chi connectivity index (χ1) is 9.64. The molecule has 131 valence electrons. The zero-order valence-corrected chi connectivity index (χ0v) is 23.5. The molecule has 0 bridgehead atoms. The van der Waals surface area contributed by atoms with Crippen LogP contribution in [0.5, 0.6) is 0 Å². The molecule has 0 aromatic carbocycles. The van der Waals surface area contributed by atoms with Crippen molar-refractivity contribution in [2.45, 2.75) is 58.3 Å². The summed E-state index contributed by atoms with van der Waals surface area (Å²) in [6.07, 6.45) is 7.46. The van der Waals surface area contributed by atoms with Gasteiger partial charge in [-0.15, -0.1) is 0 Å². The van der Waals surface area contributed by atoms with Crippen LogP contribution in [0.15, 0.2) is 0 Å². The van der Waals surface area contributed by atoms with Crippen LogP contribution >= 0.6 is 15.2 Å². The van der Waals surface area contributed by atoms with Gasteiger partial charge in [-0.25, -0.2) is 0 Å². The Morgan fingerprint density at radius 3 is 1.33 bits per heavy atom. The van der Waals surface area contributed by atoms with Crippen molar-refractivity contribution < 1.29 is 28.7 Å². The molecule has 0 aliphatic heterocycles. The maximum absolute atomic E-state index is 11.0. The molecule has 12 heteroatoms. The second kappa shape index (κ2) is 19.6. The van der Waals surface area contributed by atoms with Gasteiger partial charge in [-0.2, -0.15) is 0 Å². The molecule has 0 amide bonds. The van der Waals surface area contributed by atoms with Crippen LogP contribution in [-0.4, -0.2) is 132 Å². The van der Waals surface area contributed by atoms with Gasteiger partial charge in [0.2, 0.25) is 0 Å². The topological polar surface area (TPSA) is 118 Å². The van der Waals surface area contributed by atoms with Crippen LogP contribution in [0.3, 0.4) is 0 Å². The van der Waals surface area contributed by atoms with Gasteiger partial charge in [0.05, 0.1) is 0 Å². The molecule has 0 aliphatic rings. The Hall–Kier alpha value is 3.26. The number of hydrogen-bond acceptors (Lipinski definition) is 3. The van der Waals surface area contributed by atoms with E-state index in [0.717, 1.165) is 19.3 Å². The van der Waals surface area contributed by atoms with Crippen molar-refractivity contribution in [2.75, 3.05) is 19.1 Å². The average molecular weight is 414 g/mol. The summed E-state index contributed by atoms with van der Waals surface area (Å²) in [5.74, 6) is 0. The van der Waals surface area contributed by atoms with Crippen molar-refractivity contribution in [3.05, 3.63) is 0 Å². The Morgan fingerprint density at radius 2 is 1.00 bits per heavy atom. The van der Waals surface area contributed by atoms with E-state index in [-0.39, 0.29) is 88.7 Å². The molecule has 4 N–H and O–H groups in total. The molecule has 0 spiro atoms. The van der Waals surface area contributed by atoms with Gasteiger partial charge in [0.1, 0.15) is 12.6 Å². The number of rotatable bonds is 13. The molecular formula is C12H29NNa3O6P2. The number of unbranched alkanes of at least 4 members (excludes halogenated alkanes) is 7. The van der Waals surface area contributed by atoms with Gasteiger partial charge >= 0.3 is 15.2 Å². The van der Waals surface area contributed by atoms with Gasteiger partial charge in [-0.3, -0.25) is 14.0 Å². The summed E-state index contributed by atoms with van der Waals surface area (Å²) >= 11 is 0. The minimum absolute atomic E-state index is 0. The van der Waals surface area contributed by atoms with Crippen LogP contribution in [0.2, 0.25) is 0 Å². The SMILES string of the molecule is CCCCCCCCCCN(CP(=O)(O)O)CP(=O)(O)O.[Na].[Na].[Na]. The van der Waals surface area contributed by atoms with Gasteiger partial charge in [-0.05, 0) is 13.0 Å². The summed E-state index contributed by atoms with van der Waals surface area (Å²) in [7, 11) is -8.60. The minimum Gasteiger partial charge on any atom is -0.324 e. The van der Waals surface area contributed by atoms with Gasteiger partial charge in [-0.1, -0.05) is 51.9 Å². The predicted molar refractivity (Wildman–Crippen MR) is 100 cm³/mol. The van der Waals surface area contributed by atoms with E-state index in [2.05, 4.69) is 6.92 Å². The maximum Gasteiger partial charge on any atom is 0.339 e. The molecular weight excluding hydrogens is 385 g/mol. The zero-order chi connectivity index (χ0) is 16.4. The quantitative estimate of drug-likeness (QED) is 0.205. The van der Waals surface area contributed by atoms with E-state index < -0.39 is 27.8 Å². The van der Waals surface area contributed by atoms with Gasteiger partial charge in [0.25, 0.3) is 0 Å². The standard InChI is InChI=1S/C12H29NO6P2.3Na/c1-2-3-4-5-6-7-8-9-10-13(11-20(14,15)16)12-21(17,18)19;;;/h2-12H2,1H3,(H2,14,15,16)(H2,17,18,19);;;.